The molecule has 0 unspecified atom stereocenters. The second kappa shape index (κ2) is 5.64. The first-order chi connectivity index (χ1) is 9.60. The number of ether oxygens (including phenoxy) is 1. The zero-order chi connectivity index (χ0) is 15.8. The minimum atomic E-state index is -4.83. The Bertz CT molecular complexity index is 700. The maximum atomic E-state index is 14.2. The Morgan fingerprint density at radius 2 is 2.29 bits per heavy atom. The molecule has 1 saturated heterocycles. The molecular weight excluding hydrogens is 334 g/mol. The Hall–Kier alpha value is -1.03. The molecule has 0 aliphatic carbocycles. The number of phosphoric ester groups is 1. The third-order valence-electron chi connectivity index (χ3n) is 2.79. The van der Waals surface area contributed by atoms with Crippen molar-refractivity contribution in [2.75, 3.05) is 6.61 Å². The molecule has 2 rings (SSSR count). The van der Waals surface area contributed by atoms with Gasteiger partial charge in [-0.3, -0.25) is 18.9 Å². The number of hydrogen-bond acceptors (Lipinski definition) is 5. The SMILES string of the molecule is O=c1[nH]c(=O)n([C@H]2CC[C@@](F)(COP(=O)(O)O)O2)cc1Cl. The number of H-pyrrole nitrogens is 1. The molecule has 2 heterocycles. The first-order valence-corrected chi connectivity index (χ1v) is 7.58. The molecule has 0 aromatic carbocycles. The van der Waals surface area contributed by atoms with E-state index in [-0.39, 0.29) is 17.9 Å². The van der Waals surface area contributed by atoms with Crippen LogP contribution in [0.1, 0.15) is 19.1 Å². The molecular formula is C9H11ClFN2O7P. The van der Waals surface area contributed by atoms with Gasteiger partial charge in [0.15, 0.2) is 0 Å². The van der Waals surface area contributed by atoms with E-state index in [1.165, 1.54) is 0 Å². The number of nitrogens with zero attached hydrogens (tertiary/aromatic N) is 1. The summed E-state index contributed by atoms with van der Waals surface area (Å²) in [6.45, 7) is -0.986. The van der Waals surface area contributed by atoms with E-state index in [1.54, 1.807) is 0 Å². The van der Waals surface area contributed by atoms with Gasteiger partial charge in [-0.1, -0.05) is 11.6 Å². The second-order valence-electron chi connectivity index (χ2n) is 4.40. The summed E-state index contributed by atoms with van der Waals surface area (Å²) in [7, 11) is -4.83. The number of phosphoric acid groups is 1. The van der Waals surface area contributed by atoms with Crippen LogP contribution in [0.3, 0.4) is 0 Å². The summed E-state index contributed by atoms with van der Waals surface area (Å²) in [6.07, 6.45) is -0.287. The lowest BCUT2D eigenvalue weighted by molar-refractivity contribution is -0.175. The van der Waals surface area contributed by atoms with Crippen LogP contribution in [-0.2, 0) is 13.8 Å². The molecule has 3 N–H and O–H groups in total. The maximum absolute atomic E-state index is 14.2. The third-order valence-corrected chi connectivity index (χ3v) is 3.53. The highest BCUT2D eigenvalue weighted by Crippen LogP contribution is 2.42. The van der Waals surface area contributed by atoms with E-state index in [2.05, 4.69) is 4.52 Å². The lowest BCUT2D eigenvalue weighted by atomic mass is 10.2. The van der Waals surface area contributed by atoms with Crippen molar-refractivity contribution in [2.45, 2.75) is 24.9 Å². The van der Waals surface area contributed by atoms with Gasteiger partial charge in [0.05, 0.1) is 0 Å². The van der Waals surface area contributed by atoms with Gasteiger partial charge in [0.25, 0.3) is 5.56 Å². The minimum absolute atomic E-state index is 0.0310. The molecule has 1 aromatic rings. The van der Waals surface area contributed by atoms with Gasteiger partial charge in [-0.15, -0.1) is 0 Å². The largest absolute Gasteiger partial charge is 0.469 e. The summed E-state index contributed by atoms with van der Waals surface area (Å²) < 4.78 is 34.6. The van der Waals surface area contributed by atoms with Crippen LogP contribution in [0.4, 0.5) is 4.39 Å². The predicted octanol–water partition coefficient (Wildman–Crippen LogP) is 0.274. The van der Waals surface area contributed by atoms with Crippen molar-refractivity contribution < 1.29 is 28.0 Å². The highest BCUT2D eigenvalue weighted by atomic mass is 35.5. The molecule has 1 aliphatic rings. The Morgan fingerprint density at radius 3 is 2.90 bits per heavy atom. The summed E-state index contributed by atoms with van der Waals surface area (Å²) >= 11 is 5.58. The molecule has 0 saturated carbocycles. The van der Waals surface area contributed by atoms with Gasteiger partial charge in [-0.05, 0) is 6.42 Å². The number of halogens is 2. The van der Waals surface area contributed by atoms with Crippen LogP contribution in [0.2, 0.25) is 5.02 Å². The van der Waals surface area contributed by atoms with Crippen LogP contribution in [0, 0.1) is 0 Å². The van der Waals surface area contributed by atoms with Gasteiger partial charge in [-0.25, -0.2) is 13.8 Å². The van der Waals surface area contributed by atoms with Crippen LogP contribution in [0.5, 0.6) is 0 Å². The minimum Gasteiger partial charge on any atom is -0.320 e. The second-order valence-corrected chi connectivity index (χ2v) is 6.05. The lowest BCUT2D eigenvalue weighted by Gasteiger charge is -2.21. The van der Waals surface area contributed by atoms with Crippen molar-refractivity contribution in [3.8, 4) is 0 Å². The predicted molar refractivity (Wildman–Crippen MR) is 67.5 cm³/mol. The molecule has 9 nitrogen and oxygen atoms in total. The quantitative estimate of drug-likeness (QED) is 0.668. The van der Waals surface area contributed by atoms with Crippen molar-refractivity contribution in [3.63, 3.8) is 0 Å². The Balaban J connectivity index is 2.15. The van der Waals surface area contributed by atoms with Crippen molar-refractivity contribution in [2.24, 2.45) is 0 Å². The monoisotopic (exact) mass is 344 g/mol. The van der Waals surface area contributed by atoms with Crippen molar-refractivity contribution >= 4 is 19.4 Å². The molecule has 0 radical (unpaired) electrons. The van der Waals surface area contributed by atoms with Crippen LogP contribution in [-0.4, -0.2) is 31.8 Å². The lowest BCUT2D eigenvalue weighted by Crippen LogP contribution is -2.34. The molecule has 12 heteroatoms. The van der Waals surface area contributed by atoms with Crippen molar-refractivity contribution in [1.29, 1.82) is 0 Å². The van der Waals surface area contributed by atoms with Crippen LogP contribution in [0.15, 0.2) is 15.8 Å². The molecule has 2 atom stereocenters. The van der Waals surface area contributed by atoms with Gasteiger partial charge in [0.1, 0.15) is 17.9 Å². The highest BCUT2D eigenvalue weighted by molar-refractivity contribution is 7.46. The van der Waals surface area contributed by atoms with Crippen LogP contribution in [0.25, 0.3) is 0 Å². The summed E-state index contributed by atoms with van der Waals surface area (Å²) in [5, 5.41) is -0.277. The standard InChI is InChI=1S/C9H11ClFN2O7P/c10-5-3-13(8(15)12-7(5)14)6-1-2-9(11,20-6)4-19-21(16,17)18/h3,6H,1-2,4H2,(H,12,14,15)(H2,16,17,18)/t6-,9+/m1/s1. The van der Waals surface area contributed by atoms with Gasteiger partial charge in [0, 0.05) is 12.6 Å². The molecule has 1 aromatic heterocycles. The van der Waals surface area contributed by atoms with E-state index in [0.29, 0.717) is 0 Å². The zero-order valence-electron chi connectivity index (χ0n) is 10.4. The Labute approximate surface area is 121 Å². The number of rotatable bonds is 4. The summed E-state index contributed by atoms with van der Waals surface area (Å²) in [6, 6.07) is 0. The fourth-order valence-electron chi connectivity index (χ4n) is 1.86. The fourth-order valence-corrected chi connectivity index (χ4v) is 2.37. The summed E-state index contributed by atoms with van der Waals surface area (Å²) in [5.74, 6) is -2.45. The number of aromatic nitrogens is 2. The molecule has 1 aliphatic heterocycles. The molecule has 1 fully saturated rings. The van der Waals surface area contributed by atoms with E-state index in [0.717, 1.165) is 10.8 Å². The smallest absolute Gasteiger partial charge is 0.320 e. The van der Waals surface area contributed by atoms with E-state index in [4.69, 9.17) is 26.1 Å². The zero-order valence-corrected chi connectivity index (χ0v) is 12.0. The van der Waals surface area contributed by atoms with E-state index in [9.17, 15) is 18.5 Å². The highest BCUT2D eigenvalue weighted by Gasteiger charge is 2.43. The summed E-state index contributed by atoms with van der Waals surface area (Å²) in [4.78, 5) is 41.7. The van der Waals surface area contributed by atoms with Crippen LogP contribution < -0.4 is 11.2 Å². The van der Waals surface area contributed by atoms with Crippen molar-refractivity contribution in [3.05, 3.63) is 32.1 Å². The van der Waals surface area contributed by atoms with Gasteiger partial charge in [-0.2, -0.15) is 0 Å². The molecule has 0 bridgehead atoms. The topological polar surface area (TPSA) is 131 Å². The van der Waals surface area contributed by atoms with Crippen molar-refractivity contribution in [1.82, 2.24) is 9.55 Å². The summed E-state index contributed by atoms with van der Waals surface area (Å²) in [5.41, 5.74) is -1.62. The van der Waals surface area contributed by atoms with E-state index < -0.39 is 37.8 Å². The first kappa shape index (κ1) is 16.3. The number of nitrogens with one attached hydrogen (secondary N) is 1. The fraction of sp³-hybridized carbons (Fsp3) is 0.556. The normalized spacial score (nSPS) is 26.2. The maximum Gasteiger partial charge on any atom is 0.469 e. The number of hydrogen-bond donors (Lipinski definition) is 3. The average molecular weight is 345 g/mol. The molecule has 0 amide bonds. The van der Waals surface area contributed by atoms with E-state index >= 15 is 0 Å². The Kier molecular flexibility index (Phi) is 4.39. The molecule has 21 heavy (non-hydrogen) atoms. The van der Waals surface area contributed by atoms with Gasteiger partial charge in [0.2, 0.25) is 5.85 Å². The molecule has 0 spiro atoms. The Morgan fingerprint density at radius 1 is 1.62 bits per heavy atom. The van der Waals surface area contributed by atoms with E-state index in [1.807, 2.05) is 4.98 Å². The third kappa shape index (κ3) is 4.00. The van der Waals surface area contributed by atoms with Gasteiger partial charge >= 0.3 is 13.5 Å². The molecule has 118 valence electrons. The van der Waals surface area contributed by atoms with Gasteiger partial charge < -0.3 is 14.5 Å². The first-order valence-electron chi connectivity index (χ1n) is 5.67. The number of aromatic amines is 1. The van der Waals surface area contributed by atoms with Crippen LogP contribution >= 0.6 is 19.4 Å². The number of alkyl halides is 1. The average Bonchev–Trinajstić information content (AvgIpc) is 2.74.